The van der Waals surface area contributed by atoms with Crippen molar-refractivity contribution in [2.24, 2.45) is 0 Å². The highest BCUT2D eigenvalue weighted by Crippen LogP contribution is 2.15. The van der Waals surface area contributed by atoms with Crippen LogP contribution in [-0.4, -0.2) is 10.3 Å². The number of fused-ring (bicyclic) bond motifs is 1. The molecule has 0 fully saturated rings. The van der Waals surface area contributed by atoms with Crippen molar-refractivity contribution in [3.05, 3.63) is 42.2 Å². The van der Waals surface area contributed by atoms with Crippen LogP contribution in [0.1, 0.15) is 5.56 Å². The van der Waals surface area contributed by atoms with E-state index in [-0.39, 0.29) is 0 Å². The van der Waals surface area contributed by atoms with E-state index >= 15 is 0 Å². The van der Waals surface area contributed by atoms with Gasteiger partial charge in [0.05, 0.1) is 0 Å². The van der Waals surface area contributed by atoms with Gasteiger partial charge in [0.15, 0.2) is 0 Å². The van der Waals surface area contributed by atoms with Gasteiger partial charge in [-0.2, -0.15) is 0 Å². The third kappa shape index (κ3) is 1.89. The third-order valence-electron chi connectivity index (χ3n) is 2.09. The first-order valence-electron chi connectivity index (χ1n) is 4.29. The molecule has 0 amide bonds. The number of rotatable bonds is 2. The molecule has 0 aliphatic rings. The Bertz CT molecular complexity index is 412. The summed E-state index contributed by atoms with van der Waals surface area (Å²) < 4.78 is 0. The van der Waals surface area contributed by atoms with Gasteiger partial charge < -0.3 is 0 Å². The van der Waals surface area contributed by atoms with E-state index in [1.807, 2.05) is 18.5 Å². The third-order valence-corrected chi connectivity index (χ3v) is 2.48. The van der Waals surface area contributed by atoms with Crippen LogP contribution in [-0.2, 0) is 6.42 Å². The number of pyridine rings is 1. The quantitative estimate of drug-likeness (QED) is 0.730. The van der Waals surface area contributed by atoms with Crippen LogP contribution < -0.4 is 0 Å². The molecule has 0 aliphatic carbocycles. The van der Waals surface area contributed by atoms with Gasteiger partial charge in [-0.1, -0.05) is 34.1 Å². The second-order valence-electron chi connectivity index (χ2n) is 3.00. The number of aryl methyl sites for hydroxylation is 1. The van der Waals surface area contributed by atoms with E-state index in [4.69, 9.17) is 0 Å². The van der Waals surface area contributed by atoms with Crippen molar-refractivity contribution >= 4 is 26.7 Å². The summed E-state index contributed by atoms with van der Waals surface area (Å²) in [6.45, 7) is 0. The molecule has 2 heteroatoms. The van der Waals surface area contributed by atoms with Crippen molar-refractivity contribution in [3.8, 4) is 0 Å². The van der Waals surface area contributed by atoms with E-state index in [1.165, 1.54) is 16.3 Å². The van der Waals surface area contributed by atoms with E-state index in [0.29, 0.717) is 0 Å². The average Bonchev–Trinajstić information content (AvgIpc) is 2.18. The molecule has 0 saturated heterocycles. The summed E-state index contributed by atoms with van der Waals surface area (Å²) >= 11 is 3.44. The fraction of sp³-hybridized carbons (Fsp3) is 0.182. The van der Waals surface area contributed by atoms with Crippen LogP contribution in [0.5, 0.6) is 0 Å². The van der Waals surface area contributed by atoms with E-state index in [0.717, 1.165) is 11.8 Å². The molecule has 2 aromatic rings. The van der Waals surface area contributed by atoms with Gasteiger partial charge in [-0.25, -0.2) is 0 Å². The second-order valence-corrected chi connectivity index (χ2v) is 3.79. The number of halogens is 1. The predicted octanol–water partition coefficient (Wildman–Crippen LogP) is 3.17. The predicted molar refractivity (Wildman–Crippen MR) is 59.2 cm³/mol. The standard InChI is InChI=1S/C11H10BrN/c12-5-3-9-1-2-11-8-13-6-4-10(11)7-9/h1-2,4,6-8H,3,5H2. The lowest BCUT2D eigenvalue weighted by atomic mass is 10.1. The van der Waals surface area contributed by atoms with Crippen molar-refractivity contribution in [1.29, 1.82) is 0 Å². The Kier molecular flexibility index (Phi) is 2.60. The lowest BCUT2D eigenvalue weighted by molar-refractivity contribution is 1.17. The van der Waals surface area contributed by atoms with Crippen molar-refractivity contribution in [2.45, 2.75) is 6.42 Å². The Hall–Kier alpha value is -0.890. The zero-order valence-electron chi connectivity index (χ0n) is 7.20. The van der Waals surface area contributed by atoms with E-state index in [9.17, 15) is 0 Å². The first-order chi connectivity index (χ1) is 6.40. The van der Waals surface area contributed by atoms with Crippen LogP contribution in [0.2, 0.25) is 0 Å². The normalized spacial score (nSPS) is 10.5. The summed E-state index contributed by atoms with van der Waals surface area (Å²) in [5.41, 5.74) is 1.37. The Morgan fingerprint density at radius 3 is 2.92 bits per heavy atom. The van der Waals surface area contributed by atoms with Crippen LogP contribution in [0, 0.1) is 0 Å². The molecule has 1 heterocycles. The smallest absolute Gasteiger partial charge is 0.0346 e. The van der Waals surface area contributed by atoms with Gasteiger partial charge >= 0.3 is 0 Å². The minimum Gasteiger partial charge on any atom is -0.264 e. The molecule has 0 unspecified atom stereocenters. The molecule has 1 aromatic heterocycles. The highest BCUT2D eigenvalue weighted by atomic mass is 79.9. The molecule has 0 saturated carbocycles. The lowest BCUT2D eigenvalue weighted by Crippen LogP contribution is -1.85. The van der Waals surface area contributed by atoms with Gasteiger partial charge in [0.25, 0.3) is 0 Å². The maximum absolute atomic E-state index is 4.08. The lowest BCUT2D eigenvalue weighted by Gasteiger charge is -2.00. The van der Waals surface area contributed by atoms with Crippen LogP contribution in [0.4, 0.5) is 0 Å². The highest BCUT2D eigenvalue weighted by Gasteiger charge is 1.94. The summed E-state index contributed by atoms with van der Waals surface area (Å²) in [4.78, 5) is 4.08. The molecule has 1 aromatic carbocycles. The molecule has 0 spiro atoms. The number of hydrogen-bond acceptors (Lipinski definition) is 1. The molecule has 2 rings (SSSR count). The first kappa shape index (κ1) is 8.70. The zero-order chi connectivity index (χ0) is 9.10. The van der Waals surface area contributed by atoms with Crippen molar-refractivity contribution in [3.63, 3.8) is 0 Å². The van der Waals surface area contributed by atoms with Crippen molar-refractivity contribution in [2.75, 3.05) is 5.33 Å². The molecule has 0 radical (unpaired) electrons. The average molecular weight is 236 g/mol. The number of alkyl halides is 1. The van der Waals surface area contributed by atoms with E-state index in [1.54, 1.807) is 0 Å². The molecule has 1 nitrogen and oxygen atoms in total. The number of nitrogens with zero attached hydrogens (tertiary/aromatic N) is 1. The molecular formula is C11H10BrN. The first-order valence-corrected chi connectivity index (χ1v) is 5.41. The second kappa shape index (κ2) is 3.88. The van der Waals surface area contributed by atoms with Gasteiger partial charge in [0.2, 0.25) is 0 Å². The molecule has 0 bridgehead atoms. The monoisotopic (exact) mass is 235 g/mol. The molecule has 0 N–H and O–H groups in total. The Labute approximate surface area is 85.9 Å². The Morgan fingerprint density at radius 1 is 1.15 bits per heavy atom. The Balaban J connectivity index is 2.49. The zero-order valence-corrected chi connectivity index (χ0v) is 8.79. The molecule has 66 valence electrons. The Morgan fingerprint density at radius 2 is 2.08 bits per heavy atom. The van der Waals surface area contributed by atoms with Gasteiger partial charge in [-0.3, -0.25) is 4.98 Å². The number of aromatic nitrogens is 1. The topological polar surface area (TPSA) is 12.9 Å². The van der Waals surface area contributed by atoms with Gasteiger partial charge in [-0.15, -0.1) is 0 Å². The van der Waals surface area contributed by atoms with Crippen LogP contribution in [0.25, 0.3) is 10.8 Å². The summed E-state index contributed by atoms with van der Waals surface area (Å²) in [5.74, 6) is 0. The summed E-state index contributed by atoms with van der Waals surface area (Å²) in [6.07, 6.45) is 4.81. The van der Waals surface area contributed by atoms with Crippen LogP contribution in [0.15, 0.2) is 36.7 Å². The van der Waals surface area contributed by atoms with Crippen LogP contribution >= 0.6 is 15.9 Å². The molecule has 0 aliphatic heterocycles. The minimum atomic E-state index is 1.02. The summed E-state index contributed by atoms with van der Waals surface area (Å²) in [6, 6.07) is 8.55. The van der Waals surface area contributed by atoms with E-state index < -0.39 is 0 Å². The maximum atomic E-state index is 4.08. The minimum absolute atomic E-state index is 1.02. The molecule has 13 heavy (non-hydrogen) atoms. The maximum Gasteiger partial charge on any atom is 0.0346 e. The summed E-state index contributed by atoms with van der Waals surface area (Å²) in [5, 5.41) is 3.50. The van der Waals surface area contributed by atoms with Crippen LogP contribution in [0.3, 0.4) is 0 Å². The summed E-state index contributed by atoms with van der Waals surface area (Å²) in [7, 11) is 0. The fourth-order valence-corrected chi connectivity index (χ4v) is 1.86. The van der Waals surface area contributed by atoms with Crippen molar-refractivity contribution < 1.29 is 0 Å². The largest absolute Gasteiger partial charge is 0.264 e. The molecular weight excluding hydrogens is 226 g/mol. The van der Waals surface area contributed by atoms with E-state index in [2.05, 4.69) is 39.1 Å². The van der Waals surface area contributed by atoms with Gasteiger partial charge in [0.1, 0.15) is 0 Å². The highest BCUT2D eigenvalue weighted by molar-refractivity contribution is 9.09. The van der Waals surface area contributed by atoms with Crippen molar-refractivity contribution in [1.82, 2.24) is 4.98 Å². The van der Waals surface area contributed by atoms with Gasteiger partial charge in [-0.05, 0) is 23.4 Å². The number of benzene rings is 1. The molecule has 0 atom stereocenters. The van der Waals surface area contributed by atoms with Gasteiger partial charge in [0, 0.05) is 23.1 Å². The fourth-order valence-electron chi connectivity index (χ4n) is 1.40. The number of hydrogen-bond donors (Lipinski definition) is 0. The SMILES string of the molecule is BrCCc1ccc2cnccc2c1.